The van der Waals surface area contributed by atoms with Gasteiger partial charge in [-0.3, -0.25) is 0 Å². The Morgan fingerprint density at radius 1 is 1.08 bits per heavy atom. The average molecular weight is 166 g/mol. The molecule has 2 heteroatoms. The fraction of sp³-hybridized carbons (Fsp3) is 0.400. The van der Waals surface area contributed by atoms with Gasteiger partial charge in [-0.25, -0.2) is 0 Å². The topological polar surface area (TPSA) is 20.2 Å². The van der Waals surface area contributed by atoms with Crippen LogP contribution in [-0.2, 0) is 0 Å². The summed E-state index contributed by atoms with van der Waals surface area (Å²) in [6.45, 7) is 0. The molecule has 1 aromatic rings. The first-order chi connectivity index (χ1) is 5.52. The highest BCUT2D eigenvalue weighted by atomic mass is 16.3. The molecule has 0 aliphatic heterocycles. The van der Waals surface area contributed by atoms with E-state index in [4.69, 9.17) is 0 Å². The van der Waals surface area contributed by atoms with E-state index in [1.807, 2.05) is 51.5 Å². The van der Waals surface area contributed by atoms with Crippen molar-refractivity contribution in [3.8, 4) is 0 Å². The molecule has 2 nitrogen and oxygen atoms in total. The molecule has 0 aliphatic carbocycles. The van der Waals surface area contributed by atoms with Crippen molar-refractivity contribution in [1.82, 2.24) is 0 Å². The Morgan fingerprint density at radius 3 is 2.00 bits per heavy atom. The zero-order valence-electron chi connectivity index (χ0n) is 7.86. The van der Waals surface area contributed by atoms with E-state index >= 15 is 0 Å². The Hall–Kier alpha value is -0.860. The number of hydrogen-bond acceptors (Lipinski definition) is 1. The predicted molar refractivity (Wildman–Crippen MR) is 49.4 cm³/mol. The van der Waals surface area contributed by atoms with Crippen LogP contribution < -0.4 is 0 Å². The van der Waals surface area contributed by atoms with Crippen molar-refractivity contribution < 1.29 is 9.59 Å². The van der Waals surface area contributed by atoms with Crippen molar-refractivity contribution in [3.05, 3.63) is 35.9 Å². The minimum atomic E-state index is -0.439. The van der Waals surface area contributed by atoms with Crippen LogP contribution in [0.3, 0.4) is 0 Å². The maximum atomic E-state index is 9.83. The lowest BCUT2D eigenvalue weighted by Crippen LogP contribution is -2.38. The second-order valence-electron chi connectivity index (χ2n) is 3.90. The maximum Gasteiger partial charge on any atom is 0.216 e. The summed E-state index contributed by atoms with van der Waals surface area (Å²) in [7, 11) is 5.91. The molecule has 1 unspecified atom stereocenters. The normalized spacial score (nSPS) is 14.3. The highest BCUT2D eigenvalue weighted by Gasteiger charge is 2.21. The van der Waals surface area contributed by atoms with Crippen LogP contribution in [0.25, 0.3) is 0 Å². The molecule has 0 amide bonds. The Labute approximate surface area is 73.7 Å². The molecule has 0 radical (unpaired) electrons. The lowest BCUT2D eigenvalue weighted by Gasteiger charge is -2.29. The van der Waals surface area contributed by atoms with Crippen molar-refractivity contribution in [2.75, 3.05) is 21.1 Å². The Morgan fingerprint density at radius 2 is 1.58 bits per heavy atom. The van der Waals surface area contributed by atoms with Gasteiger partial charge < -0.3 is 9.59 Å². The molecule has 0 aromatic heterocycles. The maximum absolute atomic E-state index is 9.83. The second kappa shape index (κ2) is 3.25. The van der Waals surface area contributed by atoms with Gasteiger partial charge in [0.25, 0.3) is 0 Å². The van der Waals surface area contributed by atoms with Gasteiger partial charge in [0, 0.05) is 5.56 Å². The lowest BCUT2D eigenvalue weighted by molar-refractivity contribution is -0.925. The molecule has 1 N–H and O–H groups in total. The molecule has 0 aliphatic rings. The molecular formula is C10H16NO+. The molecule has 0 spiro atoms. The van der Waals surface area contributed by atoms with Crippen molar-refractivity contribution in [2.45, 2.75) is 6.23 Å². The number of quaternary nitrogens is 1. The van der Waals surface area contributed by atoms with Crippen molar-refractivity contribution in [2.24, 2.45) is 0 Å². The van der Waals surface area contributed by atoms with E-state index in [-0.39, 0.29) is 0 Å². The summed E-state index contributed by atoms with van der Waals surface area (Å²) in [4.78, 5) is 0. The van der Waals surface area contributed by atoms with Crippen molar-refractivity contribution >= 4 is 0 Å². The molecule has 0 fully saturated rings. The van der Waals surface area contributed by atoms with E-state index in [9.17, 15) is 5.11 Å². The fourth-order valence-corrected chi connectivity index (χ4v) is 1.07. The van der Waals surface area contributed by atoms with Gasteiger partial charge in [-0.05, 0) is 0 Å². The first-order valence-electron chi connectivity index (χ1n) is 4.06. The Kier molecular flexibility index (Phi) is 2.50. The molecule has 0 heterocycles. The predicted octanol–water partition coefficient (Wildman–Crippen LogP) is 1.38. The van der Waals surface area contributed by atoms with Gasteiger partial charge in [0.2, 0.25) is 6.23 Å². The minimum absolute atomic E-state index is 0.439. The molecule has 0 saturated heterocycles. The SMILES string of the molecule is C[N+](C)(C)C(O)c1ccccc1. The standard InChI is InChI=1S/C10H16NO/c1-11(2,3)10(12)9-7-5-4-6-8-9/h4-8,10,12H,1-3H3/q+1. The van der Waals surface area contributed by atoms with Crippen LogP contribution in [0.1, 0.15) is 11.8 Å². The Balaban J connectivity index is 2.86. The molecular weight excluding hydrogens is 150 g/mol. The fourth-order valence-electron chi connectivity index (χ4n) is 1.07. The molecule has 0 bridgehead atoms. The number of benzene rings is 1. The van der Waals surface area contributed by atoms with Gasteiger partial charge in [0.1, 0.15) is 0 Å². The van der Waals surface area contributed by atoms with Gasteiger partial charge in [0.15, 0.2) is 0 Å². The summed E-state index contributed by atoms with van der Waals surface area (Å²) < 4.78 is 0.532. The highest BCUT2D eigenvalue weighted by Crippen LogP contribution is 2.18. The van der Waals surface area contributed by atoms with Crippen LogP contribution in [0.5, 0.6) is 0 Å². The van der Waals surface area contributed by atoms with Gasteiger partial charge in [-0.1, -0.05) is 30.3 Å². The van der Waals surface area contributed by atoms with Gasteiger partial charge in [0.05, 0.1) is 21.1 Å². The van der Waals surface area contributed by atoms with E-state index in [0.29, 0.717) is 4.48 Å². The van der Waals surface area contributed by atoms with Crippen LogP contribution in [0.4, 0.5) is 0 Å². The summed E-state index contributed by atoms with van der Waals surface area (Å²) in [5, 5.41) is 9.83. The van der Waals surface area contributed by atoms with Gasteiger partial charge in [-0.15, -0.1) is 0 Å². The summed E-state index contributed by atoms with van der Waals surface area (Å²) in [5.74, 6) is 0. The third kappa shape index (κ3) is 2.06. The highest BCUT2D eigenvalue weighted by molar-refractivity contribution is 5.15. The zero-order valence-corrected chi connectivity index (χ0v) is 7.86. The monoisotopic (exact) mass is 166 g/mol. The van der Waals surface area contributed by atoms with Crippen LogP contribution in [0, 0.1) is 0 Å². The van der Waals surface area contributed by atoms with Crippen LogP contribution in [0.15, 0.2) is 30.3 Å². The summed E-state index contributed by atoms with van der Waals surface area (Å²) in [6.07, 6.45) is -0.439. The third-order valence-corrected chi connectivity index (χ3v) is 1.83. The third-order valence-electron chi connectivity index (χ3n) is 1.83. The molecule has 66 valence electrons. The number of rotatable bonds is 2. The molecule has 0 saturated carbocycles. The van der Waals surface area contributed by atoms with Gasteiger partial charge in [-0.2, -0.15) is 0 Å². The first kappa shape index (κ1) is 9.23. The summed E-state index contributed by atoms with van der Waals surface area (Å²) in [6, 6.07) is 9.70. The number of aliphatic hydroxyl groups excluding tert-OH is 1. The molecule has 12 heavy (non-hydrogen) atoms. The quantitative estimate of drug-likeness (QED) is 0.520. The number of aliphatic hydroxyl groups is 1. The molecule has 1 rings (SSSR count). The summed E-state index contributed by atoms with van der Waals surface area (Å²) in [5.41, 5.74) is 0.963. The van der Waals surface area contributed by atoms with E-state index in [2.05, 4.69) is 0 Å². The number of hydrogen-bond donors (Lipinski definition) is 1. The van der Waals surface area contributed by atoms with Gasteiger partial charge >= 0.3 is 0 Å². The smallest absolute Gasteiger partial charge is 0.216 e. The first-order valence-corrected chi connectivity index (χ1v) is 4.06. The van der Waals surface area contributed by atoms with Crippen molar-refractivity contribution in [3.63, 3.8) is 0 Å². The largest absolute Gasteiger partial charge is 0.341 e. The lowest BCUT2D eigenvalue weighted by atomic mass is 10.2. The summed E-state index contributed by atoms with van der Waals surface area (Å²) >= 11 is 0. The molecule has 1 atom stereocenters. The van der Waals surface area contributed by atoms with E-state index in [1.165, 1.54) is 0 Å². The average Bonchev–Trinajstić information content (AvgIpc) is 2.03. The van der Waals surface area contributed by atoms with Crippen molar-refractivity contribution in [1.29, 1.82) is 0 Å². The number of nitrogens with zero attached hydrogens (tertiary/aromatic N) is 1. The minimum Gasteiger partial charge on any atom is -0.341 e. The van der Waals surface area contributed by atoms with Crippen LogP contribution in [-0.4, -0.2) is 30.7 Å². The molecule has 1 aromatic carbocycles. The van der Waals surface area contributed by atoms with E-state index < -0.39 is 6.23 Å². The Bertz CT molecular complexity index is 238. The van der Waals surface area contributed by atoms with E-state index in [1.54, 1.807) is 0 Å². The van der Waals surface area contributed by atoms with Crippen LogP contribution in [0.2, 0.25) is 0 Å². The van der Waals surface area contributed by atoms with Crippen LogP contribution >= 0.6 is 0 Å². The zero-order chi connectivity index (χ0) is 9.19. The van der Waals surface area contributed by atoms with E-state index in [0.717, 1.165) is 5.56 Å². The second-order valence-corrected chi connectivity index (χ2v) is 3.90.